The van der Waals surface area contributed by atoms with E-state index in [1.807, 2.05) is 12.1 Å². The van der Waals surface area contributed by atoms with Crippen molar-refractivity contribution in [3.05, 3.63) is 48.2 Å². The zero-order chi connectivity index (χ0) is 18.9. The molecular formula is C17H16N4O4S. The van der Waals surface area contributed by atoms with Gasteiger partial charge < -0.3 is 0 Å². The number of aromatic nitrogens is 3. The molecule has 0 saturated heterocycles. The van der Waals surface area contributed by atoms with Gasteiger partial charge in [0.2, 0.25) is 11.9 Å². The number of carbonyl (C=O) groups excluding carboxylic acids is 2. The standard InChI is InChI=1S/C17H16N4O4S/c1-11(22)12-4-3-5-13(8-12)14-6-7-15-18-17(20-21(15)9-14)19-16(23)10-26(2,24)25/h3-9H,10H2,1-2H3,(H,19,20,23). The molecule has 0 bridgehead atoms. The molecule has 0 unspecified atom stereocenters. The zero-order valence-corrected chi connectivity index (χ0v) is 14.9. The van der Waals surface area contributed by atoms with Crippen molar-refractivity contribution in [1.82, 2.24) is 14.6 Å². The van der Waals surface area contributed by atoms with E-state index in [2.05, 4.69) is 15.4 Å². The molecule has 0 saturated carbocycles. The number of anilines is 1. The molecular weight excluding hydrogens is 356 g/mol. The lowest BCUT2D eigenvalue weighted by Crippen LogP contribution is -2.22. The number of fused-ring (bicyclic) bond motifs is 1. The minimum Gasteiger partial charge on any atom is -0.295 e. The number of hydrogen-bond acceptors (Lipinski definition) is 6. The fourth-order valence-electron chi connectivity index (χ4n) is 2.42. The van der Waals surface area contributed by atoms with Gasteiger partial charge >= 0.3 is 0 Å². The van der Waals surface area contributed by atoms with Gasteiger partial charge in [-0.3, -0.25) is 14.9 Å². The first kappa shape index (κ1) is 17.7. The van der Waals surface area contributed by atoms with Crippen LogP contribution in [0.25, 0.3) is 16.8 Å². The number of nitrogens with zero attached hydrogens (tertiary/aromatic N) is 3. The number of sulfone groups is 1. The summed E-state index contributed by atoms with van der Waals surface area (Å²) in [6.07, 6.45) is 2.69. The molecule has 2 aromatic heterocycles. The zero-order valence-electron chi connectivity index (χ0n) is 14.1. The van der Waals surface area contributed by atoms with Gasteiger partial charge in [-0.15, -0.1) is 5.10 Å². The molecule has 0 atom stereocenters. The first-order valence-corrected chi connectivity index (χ1v) is 9.73. The highest BCUT2D eigenvalue weighted by Crippen LogP contribution is 2.21. The van der Waals surface area contributed by atoms with Crippen molar-refractivity contribution >= 4 is 33.1 Å². The number of hydrogen-bond donors (Lipinski definition) is 1. The molecule has 1 amide bonds. The SMILES string of the molecule is CC(=O)c1cccc(-c2ccc3nc(NC(=O)CS(C)(=O)=O)nn3c2)c1. The van der Waals surface area contributed by atoms with Crippen molar-refractivity contribution in [2.24, 2.45) is 0 Å². The summed E-state index contributed by atoms with van der Waals surface area (Å²) in [5.41, 5.74) is 2.76. The van der Waals surface area contributed by atoms with Crippen molar-refractivity contribution in [2.45, 2.75) is 6.92 Å². The number of carbonyl (C=O) groups is 2. The van der Waals surface area contributed by atoms with Crippen LogP contribution in [0.2, 0.25) is 0 Å². The van der Waals surface area contributed by atoms with Crippen LogP contribution < -0.4 is 5.32 Å². The third-order valence-corrected chi connectivity index (χ3v) is 4.36. The van der Waals surface area contributed by atoms with Gasteiger partial charge in [-0.25, -0.2) is 12.9 Å². The Balaban J connectivity index is 1.89. The largest absolute Gasteiger partial charge is 0.295 e. The fourth-order valence-corrected chi connectivity index (χ4v) is 2.97. The maximum absolute atomic E-state index is 11.7. The monoisotopic (exact) mass is 372 g/mol. The van der Waals surface area contributed by atoms with Crippen molar-refractivity contribution in [1.29, 1.82) is 0 Å². The second kappa shape index (κ2) is 6.68. The Kier molecular flexibility index (Phi) is 4.56. The predicted molar refractivity (Wildman–Crippen MR) is 96.8 cm³/mol. The van der Waals surface area contributed by atoms with E-state index in [-0.39, 0.29) is 11.7 Å². The van der Waals surface area contributed by atoms with Crippen molar-refractivity contribution < 1.29 is 18.0 Å². The molecule has 3 aromatic rings. The van der Waals surface area contributed by atoms with Gasteiger partial charge in [0, 0.05) is 23.6 Å². The molecule has 134 valence electrons. The van der Waals surface area contributed by atoms with E-state index in [1.165, 1.54) is 11.4 Å². The predicted octanol–water partition coefficient (Wildman–Crippen LogP) is 1.58. The Hall–Kier alpha value is -3.07. The van der Waals surface area contributed by atoms with Crippen LogP contribution in [0.3, 0.4) is 0 Å². The van der Waals surface area contributed by atoms with E-state index in [4.69, 9.17) is 0 Å². The van der Waals surface area contributed by atoms with E-state index in [1.54, 1.807) is 30.5 Å². The molecule has 1 N–H and O–H groups in total. The second-order valence-corrected chi connectivity index (χ2v) is 8.05. The lowest BCUT2D eigenvalue weighted by Gasteiger charge is -2.04. The molecule has 8 nitrogen and oxygen atoms in total. The summed E-state index contributed by atoms with van der Waals surface area (Å²) in [6.45, 7) is 1.51. The maximum Gasteiger partial charge on any atom is 0.249 e. The van der Waals surface area contributed by atoms with Gasteiger partial charge in [0.05, 0.1) is 0 Å². The molecule has 0 aliphatic carbocycles. The molecule has 0 spiro atoms. The molecule has 0 aliphatic rings. The Morgan fingerprint density at radius 3 is 2.62 bits per heavy atom. The third kappa shape index (κ3) is 4.12. The quantitative estimate of drug-likeness (QED) is 0.681. The highest BCUT2D eigenvalue weighted by Gasteiger charge is 2.14. The van der Waals surface area contributed by atoms with Gasteiger partial charge in [0.25, 0.3) is 0 Å². The molecule has 26 heavy (non-hydrogen) atoms. The van der Waals surface area contributed by atoms with Gasteiger partial charge in [-0.2, -0.15) is 4.98 Å². The van der Waals surface area contributed by atoms with Crippen LogP contribution in [0.1, 0.15) is 17.3 Å². The average Bonchev–Trinajstić information content (AvgIpc) is 2.94. The van der Waals surface area contributed by atoms with Gasteiger partial charge in [0.1, 0.15) is 5.75 Å². The lowest BCUT2D eigenvalue weighted by molar-refractivity contribution is -0.113. The number of rotatable bonds is 5. The van der Waals surface area contributed by atoms with Crippen LogP contribution >= 0.6 is 0 Å². The van der Waals surface area contributed by atoms with Gasteiger partial charge in [-0.05, 0) is 30.7 Å². The summed E-state index contributed by atoms with van der Waals surface area (Å²) in [4.78, 5) is 27.4. The normalized spacial score (nSPS) is 11.5. The highest BCUT2D eigenvalue weighted by molar-refractivity contribution is 7.91. The molecule has 3 rings (SSSR count). The molecule has 0 radical (unpaired) electrons. The summed E-state index contributed by atoms with van der Waals surface area (Å²) in [6, 6.07) is 10.7. The Bertz CT molecular complexity index is 1120. The fraction of sp³-hybridized carbons (Fsp3) is 0.176. The smallest absolute Gasteiger partial charge is 0.249 e. The Morgan fingerprint density at radius 2 is 1.92 bits per heavy atom. The van der Waals surface area contributed by atoms with E-state index >= 15 is 0 Å². The van der Waals surface area contributed by atoms with Crippen molar-refractivity contribution in [2.75, 3.05) is 17.3 Å². The summed E-state index contributed by atoms with van der Waals surface area (Å²) >= 11 is 0. The summed E-state index contributed by atoms with van der Waals surface area (Å²) in [5, 5.41) is 6.50. The number of ketones is 1. The highest BCUT2D eigenvalue weighted by atomic mass is 32.2. The summed E-state index contributed by atoms with van der Waals surface area (Å²) in [5.74, 6) is -1.33. The van der Waals surface area contributed by atoms with E-state index in [0.29, 0.717) is 11.2 Å². The Morgan fingerprint density at radius 1 is 1.15 bits per heavy atom. The van der Waals surface area contributed by atoms with Crippen LogP contribution in [0.15, 0.2) is 42.6 Å². The maximum atomic E-state index is 11.7. The first-order valence-electron chi connectivity index (χ1n) is 7.67. The van der Waals surface area contributed by atoms with Crippen LogP contribution in [0.5, 0.6) is 0 Å². The lowest BCUT2D eigenvalue weighted by atomic mass is 10.0. The molecule has 0 fully saturated rings. The van der Waals surface area contributed by atoms with Crippen LogP contribution in [0, 0.1) is 0 Å². The van der Waals surface area contributed by atoms with Crippen LogP contribution in [-0.2, 0) is 14.6 Å². The van der Waals surface area contributed by atoms with E-state index in [9.17, 15) is 18.0 Å². The number of nitrogens with one attached hydrogen (secondary N) is 1. The van der Waals surface area contributed by atoms with E-state index < -0.39 is 21.5 Å². The average molecular weight is 372 g/mol. The van der Waals surface area contributed by atoms with Gasteiger partial charge in [0.15, 0.2) is 21.3 Å². The summed E-state index contributed by atoms with van der Waals surface area (Å²) in [7, 11) is -3.43. The molecule has 9 heteroatoms. The topological polar surface area (TPSA) is 110 Å². The first-order chi connectivity index (χ1) is 12.2. The molecule has 1 aromatic carbocycles. The second-order valence-electron chi connectivity index (χ2n) is 5.91. The molecule has 2 heterocycles. The third-order valence-electron chi connectivity index (χ3n) is 3.58. The van der Waals surface area contributed by atoms with Crippen molar-refractivity contribution in [3.8, 4) is 11.1 Å². The number of amides is 1. The molecule has 0 aliphatic heterocycles. The number of pyridine rings is 1. The van der Waals surface area contributed by atoms with Crippen LogP contribution in [0.4, 0.5) is 5.95 Å². The van der Waals surface area contributed by atoms with Gasteiger partial charge in [-0.1, -0.05) is 18.2 Å². The number of Topliss-reactive ketones (excluding diaryl/α,β-unsaturated/α-hetero) is 1. The minimum absolute atomic E-state index is 0.0216. The minimum atomic E-state index is -3.43. The number of benzene rings is 1. The Labute approximate surface area is 149 Å². The van der Waals surface area contributed by atoms with Crippen LogP contribution in [-0.4, -0.2) is 46.7 Å². The summed E-state index contributed by atoms with van der Waals surface area (Å²) < 4.78 is 23.8. The van der Waals surface area contributed by atoms with Crippen molar-refractivity contribution in [3.63, 3.8) is 0 Å². The van der Waals surface area contributed by atoms with E-state index in [0.717, 1.165) is 17.4 Å².